The number of carbonyl (C=O) groups excluding carboxylic acids is 1. The van der Waals surface area contributed by atoms with Crippen molar-refractivity contribution in [3.8, 4) is 17.2 Å². The van der Waals surface area contributed by atoms with Crippen molar-refractivity contribution in [3.05, 3.63) is 42.2 Å². The molecule has 2 aromatic carbocycles. The van der Waals surface area contributed by atoms with Crippen molar-refractivity contribution in [1.82, 2.24) is 9.55 Å². The van der Waals surface area contributed by atoms with Crippen molar-refractivity contribution >= 4 is 22.6 Å². The summed E-state index contributed by atoms with van der Waals surface area (Å²) in [5.74, 6) is 2.85. The van der Waals surface area contributed by atoms with E-state index in [-0.39, 0.29) is 12.5 Å². The average molecular weight is 367 g/mol. The third-order valence-corrected chi connectivity index (χ3v) is 4.48. The minimum Gasteiger partial charge on any atom is -0.497 e. The number of carbonyl (C=O) groups is 1. The van der Waals surface area contributed by atoms with Crippen LogP contribution in [0.5, 0.6) is 17.2 Å². The first-order valence-corrected chi connectivity index (χ1v) is 8.90. The number of ether oxygens (including phenoxy) is 3. The number of methoxy groups -OCH3 is 1. The van der Waals surface area contributed by atoms with Gasteiger partial charge in [0, 0.05) is 24.2 Å². The molecule has 0 saturated heterocycles. The summed E-state index contributed by atoms with van der Waals surface area (Å²) in [5, 5.41) is 2.91. The van der Waals surface area contributed by atoms with Crippen LogP contribution in [0.2, 0.25) is 0 Å². The van der Waals surface area contributed by atoms with E-state index in [2.05, 4.69) is 10.3 Å². The maximum Gasteiger partial charge on any atom is 0.244 e. The Bertz CT molecular complexity index is 979. The van der Waals surface area contributed by atoms with Gasteiger partial charge in [-0.15, -0.1) is 0 Å². The molecule has 3 aromatic rings. The molecule has 1 aliphatic rings. The van der Waals surface area contributed by atoms with E-state index in [0.717, 1.165) is 34.7 Å². The molecule has 1 amide bonds. The number of imidazole rings is 1. The maximum absolute atomic E-state index is 12.6. The van der Waals surface area contributed by atoms with Crippen LogP contribution in [0.3, 0.4) is 0 Å². The summed E-state index contributed by atoms with van der Waals surface area (Å²) in [7, 11) is 1.61. The smallest absolute Gasteiger partial charge is 0.244 e. The lowest BCUT2D eigenvalue weighted by Gasteiger charge is -2.18. The molecule has 7 heteroatoms. The second-order valence-electron chi connectivity index (χ2n) is 6.23. The van der Waals surface area contributed by atoms with Gasteiger partial charge in [-0.2, -0.15) is 0 Å². The van der Waals surface area contributed by atoms with Gasteiger partial charge < -0.3 is 24.1 Å². The summed E-state index contributed by atoms with van der Waals surface area (Å²) in [4.78, 5) is 17.2. The van der Waals surface area contributed by atoms with E-state index in [1.54, 1.807) is 7.11 Å². The fourth-order valence-electron chi connectivity index (χ4n) is 3.18. The zero-order valence-electron chi connectivity index (χ0n) is 15.3. The zero-order valence-corrected chi connectivity index (χ0v) is 15.3. The summed E-state index contributed by atoms with van der Waals surface area (Å²) >= 11 is 0. The molecular formula is C20H21N3O4. The highest BCUT2D eigenvalue weighted by atomic mass is 16.6. The van der Waals surface area contributed by atoms with Gasteiger partial charge >= 0.3 is 0 Å². The molecule has 7 nitrogen and oxygen atoms in total. The highest BCUT2D eigenvalue weighted by Crippen LogP contribution is 2.34. The van der Waals surface area contributed by atoms with Crippen LogP contribution < -0.4 is 19.5 Å². The Kier molecular flexibility index (Phi) is 4.58. The number of nitrogens with one attached hydrogen (secondary N) is 1. The Morgan fingerprint density at radius 3 is 2.56 bits per heavy atom. The maximum atomic E-state index is 12.6. The number of aryl methyl sites for hydroxylation is 1. The summed E-state index contributed by atoms with van der Waals surface area (Å²) in [6.45, 7) is 3.24. The van der Waals surface area contributed by atoms with Crippen LogP contribution in [0.15, 0.2) is 36.4 Å². The Balaban J connectivity index is 1.60. The van der Waals surface area contributed by atoms with Crippen LogP contribution in [-0.4, -0.2) is 35.8 Å². The lowest BCUT2D eigenvalue weighted by Crippen LogP contribution is -2.20. The van der Waals surface area contributed by atoms with Gasteiger partial charge in [0.2, 0.25) is 5.91 Å². The number of nitrogens with zero attached hydrogens (tertiary/aromatic N) is 2. The van der Waals surface area contributed by atoms with Crippen molar-refractivity contribution in [1.29, 1.82) is 0 Å². The number of fused-ring (bicyclic) bond motifs is 2. The Hall–Kier alpha value is -3.22. The molecule has 4 rings (SSSR count). The third-order valence-electron chi connectivity index (χ3n) is 4.48. The molecule has 140 valence electrons. The number of hydrogen-bond donors (Lipinski definition) is 1. The minimum absolute atomic E-state index is 0.121. The molecule has 27 heavy (non-hydrogen) atoms. The monoisotopic (exact) mass is 367 g/mol. The van der Waals surface area contributed by atoms with Gasteiger partial charge in [-0.3, -0.25) is 4.79 Å². The van der Waals surface area contributed by atoms with Crippen molar-refractivity contribution in [2.45, 2.75) is 19.9 Å². The van der Waals surface area contributed by atoms with Gasteiger partial charge in [0.05, 0.1) is 18.1 Å². The molecule has 0 saturated carbocycles. The predicted molar refractivity (Wildman–Crippen MR) is 102 cm³/mol. The molecule has 0 unspecified atom stereocenters. The highest BCUT2D eigenvalue weighted by molar-refractivity contribution is 5.92. The lowest BCUT2D eigenvalue weighted by atomic mass is 10.2. The first-order valence-electron chi connectivity index (χ1n) is 8.90. The van der Waals surface area contributed by atoms with E-state index in [4.69, 9.17) is 14.2 Å². The number of rotatable bonds is 5. The van der Waals surface area contributed by atoms with Gasteiger partial charge in [-0.1, -0.05) is 6.92 Å². The van der Waals surface area contributed by atoms with E-state index in [0.29, 0.717) is 24.7 Å². The van der Waals surface area contributed by atoms with Gasteiger partial charge in [-0.05, 0) is 24.3 Å². The normalized spacial score (nSPS) is 12.8. The molecule has 0 aliphatic carbocycles. The second-order valence-corrected chi connectivity index (χ2v) is 6.23. The van der Waals surface area contributed by atoms with Crippen LogP contribution in [-0.2, 0) is 17.8 Å². The van der Waals surface area contributed by atoms with E-state index >= 15 is 0 Å². The number of aromatic nitrogens is 2. The van der Waals surface area contributed by atoms with Gasteiger partial charge in [0.25, 0.3) is 0 Å². The second kappa shape index (κ2) is 7.19. The number of hydrogen-bond acceptors (Lipinski definition) is 5. The summed E-state index contributed by atoms with van der Waals surface area (Å²) in [6, 6.07) is 11.0. The fourth-order valence-corrected chi connectivity index (χ4v) is 3.18. The summed E-state index contributed by atoms with van der Waals surface area (Å²) < 4.78 is 18.4. The molecule has 0 spiro atoms. The van der Waals surface area contributed by atoms with Crippen molar-refractivity contribution in [3.63, 3.8) is 0 Å². The lowest BCUT2D eigenvalue weighted by molar-refractivity contribution is -0.116. The van der Waals surface area contributed by atoms with Crippen LogP contribution in [0, 0.1) is 0 Å². The molecule has 1 N–H and O–H groups in total. The average Bonchev–Trinajstić information content (AvgIpc) is 3.03. The Morgan fingerprint density at radius 1 is 1.19 bits per heavy atom. The van der Waals surface area contributed by atoms with Gasteiger partial charge in [0.15, 0.2) is 11.5 Å². The topological polar surface area (TPSA) is 74.6 Å². The Labute approximate surface area is 156 Å². The molecular weight excluding hydrogens is 346 g/mol. The quantitative estimate of drug-likeness (QED) is 0.750. The summed E-state index contributed by atoms with van der Waals surface area (Å²) in [5.41, 5.74) is 2.38. The number of anilines is 1. The summed E-state index contributed by atoms with van der Waals surface area (Å²) in [6.07, 6.45) is 0.719. The first kappa shape index (κ1) is 17.2. The van der Waals surface area contributed by atoms with Crippen LogP contribution >= 0.6 is 0 Å². The predicted octanol–water partition coefficient (Wildman–Crippen LogP) is 3.02. The minimum atomic E-state index is -0.121. The third kappa shape index (κ3) is 3.40. The van der Waals surface area contributed by atoms with Crippen molar-refractivity contribution in [2.24, 2.45) is 0 Å². The molecule has 1 aliphatic heterocycles. The van der Waals surface area contributed by atoms with Crippen LogP contribution in [0.25, 0.3) is 11.0 Å². The molecule has 0 fully saturated rings. The van der Waals surface area contributed by atoms with Gasteiger partial charge in [0.1, 0.15) is 31.3 Å². The van der Waals surface area contributed by atoms with Crippen LogP contribution in [0.1, 0.15) is 12.7 Å². The molecule has 2 heterocycles. The number of benzene rings is 2. The largest absolute Gasteiger partial charge is 0.497 e. The van der Waals surface area contributed by atoms with Gasteiger partial charge in [-0.25, -0.2) is 4.98 Å². The van der Waals surface area contributed by atoms with E-state index in [1.807, 2.05) is 47.9 Å². The SMILES string of the molecule is CCc1nc2cc3c(cc2n1CC(=O)Nc1ccc(OC)cc1)OCCO3. The fraction of sp³-hybridized carbons (Fsp3) is 0.300. The van der Waals surface area contributed by atoms with E-state index < -0.39 is 0 Å². The van der Waals surface area contributed by atoms with Crippen LogP contribution in [0.4, 0.5) is 5.69 Å². The first-order chi connectivity index (χ1) is 13.2. The molecule has 0 atom stereocenters. The number of amides is 1. The highest BCUT2D eigenvalue weighted by Gasteiger charge is 2.19. The van der Waals surface area contributed by atoms with E-state index in [1.165, 1.54) is 0 Å². The molecule has 0 bridgehead atoms. The molecule has 0 radical (unpaired) electrons. The Morgan fingerprint density at radius 2 is 1.89 bits per heavy atom. The van der Waals surface area contributed by atoms with E-state index in [9.17, 15) is 4.79 Å². The van der Waals surface area contributed by atoms with Crippen molar-refractivity contribution in [2.75, 3.05) is 25.6 Å². The standard InChI is InChI=1S/C20H21N3O4/c1-3-19-22-15-10-17-18(27-9-8-26-17)11-16(15)23(19)12-20(24)21-13-4-6-14(25-2)7-5-13/h4-7,10-11H,3,8-9,12H2,1-2H3,(H,21,24). The van der Waals surface area contributed by atoms with Crippen molar-refractivity contribution < 1.29 is 19.0 Å². The zero-order chi connectivity index (χ0) is 18.8. The molecule has 1 aromatic heterocycles.